The normalized spacial score (nSPS) is 19.2. The van der Waals surface area contributed by atoms with E-state index in [-0.39, 0.29) is 30.4 Å². The number of hydrogen-bond acceptors (Lipinski definition) is 4. The van der Waals surface area contributed by atoms with E-state index >= 15 is 0 Å². The molecule has 25 heavy (non-hydrogen) atoms. The summed E-state index contributed by atoms with van der Waals surface area (Å²) < 4.78 is 0. The highest BCUT2D eigenvalue weighted by molar-refractivity contribution is 5.98. The summed E-state index contributed by atoms with van der Waals surface area (Å²) in [5, 5.41) is 14.5. The van der Waals surface area contributed by atoms with Crippen molar-refractivity contribution >= 4 is 23.5 Å². The summed E-state index contributed by atoms with van der Waals surface area (Å²) in [7, 11) is 0. The number of hydrogen-bond donors (Lipinski definition) is 3. The molecule has 0 unspecified atom stereocenters. The zero-order valence-corrected chi connectivity index (χ0v) is 14.6. The number of Topliss-reactive ketones (excluding diaryl/α,β-unsaturated/α-hetero) is 1. The molecule has 0 bridgehead atoms. The number of carboxylic acids is 1. The lowest BCUT2D eigenvalue weighted by Crippen LogP contribution is -2.55. The maximum Gasteiger partial charge on any atom is 0.319 e. The van der Waals surface area contributed by atoms with Crippen LogP contribution in [0.3, 0.4) is 0 Å². The van der Waals surface area contributed by atoms with Crippen molar-refractivity contribution in [3.63, 3.8) is 0 Å². The molecular formula is C18H25N3O4. The van der Waals surface area contributed by atoms with Crippen LogP contribution in [-0.2, 0) is 4.79 Å². The molecule has 7 nitrogen and oxygen atoms in total. The van der Waals surface area contributed by atoms with Crippen LogP contribution in [0.5, 0.6) is 0 Å². The highest BCUT2D eigenvalue weighted by Gasteiger charge is 2.34. The smallest absolute Gasteiger partial charge is 0.319 e. The third-order valence-corrected chi connectivity index (χ3v) is 4.47. The third kappa shape index (κ3) is 5.29. The van der Waals surface area contributed by atoms with Crippen molar-refractivity contribution in [2.75, 3.05) is 18.4 Å². The van der Waals surface area contributed by atoms with E-state index in [4.69, 9.17) is 5.11 Å². The lowest BCUT2D eigenvalue weighted by molar-refractivity contribution is -0.139. The van der Waals surface area contributed by atoms with E-state index in [1.54, 1.807) is 31.2 Å². The lowest BCUT2D eigenvalue weighted by Gasteiger charge is -2.42. The van der Waals surface area contributed by atoms with E-state index in [1.165, 1.54) is 0 Å². The first kappa shape index (κ1) is 18.9. The molecule has 1 aromatic carbocycles. The zero-order chi connectivity index (χ0) is 18.4. The molecule has 1 aromatic rings. The Balaban J connectivity index is 1.80. The van der Waals surface area contributed by atoms with Crippen LogP contribution in [0.4, 0.5) is 10.5 Å². The van der Waals surface area contributed by atoms with Crippen molar-refractivity contribution in [1.82, 2.24) is 10.2 Å². The summed E-state index contributed by atoms with van der Waals surface area (Å²) in [6, 6.07) is 6.79. The number of nitrogens with one attached hydrogen (secondary N) is 2. The second-order valence-electron chi connectivity index (χ2n) is 6.23. The summed E-state index contributed by atoms with van der Waals surface area (Å²) in [6.07, 6.45) is 1.90. The van der Waals surface area contributed by atoms with Gasteiger partial charge in [0.25, 0.3) is 0 Å². The number of amides is 2. The van der Waals surface area contributed by atoms with Crippen molar-refractivity contribution < 1.29 is 19.5 Å². The molecule has 0 aromatic heterocycles. The Kier molecular flexibility index (Phi) is 6.52. The quantitative estimate of drug-likeness (QED) is 0.627. The molecular weight excluding hydrogens is 322 g/mol. The Hall–Kier alpha value is -2.41. The van der Waals surface area contributed by atoms with E-state index in [0.717, 1.165) is 12.8 Å². The summed E-state index contributed by atoms with van der Waals surface area (Å²) >= 11 is 0. The minimum absolute atomic E-state index is 0.0261. The first-order valence-electron chi connectivity index (χ1n) is 8.59. The number of urea groups is 1. The largest absolute Gasteiger partial charge is 0.480 e. The number of carboxylic acid groups (broad SMARTS) is 1. The fourth-order valence-electron chi connectivity index (χ4n) is 3.00. The lowest BCUT2D eigenvalue weighted by atomic mass is 9.85. The number of rotatable bonds is 8. The summed E-state index contributed by atoms with van der Waals surface area (Å²) in [6.45, 7) is 4.43. The molecule has 1 fully saturated rings. The third-order valence-electron chi connectivity index (χ3n) is 4.47. The van der Waals surface area contributed by atoms with Crippen molar-refractivity contribution in [1.29, 1.82) is 0 Å². The number of benzene rings is 1. The highest BCUT2D eigenvalue weighted by atomic mass is 16.4. The molecule has 0 spiro atoms. The molecule has 0 radical (unpaired) electrons. The van der Waals surface area contributed by atoms with E-state index in [0.29, 0.717) is 24.2 Å². The van der Waals surface area contributed by atoms with Gasteiger partial charge in [-0.15, -0.1) is 0 Å². The van der Waals surface area contributed by atoms with Crippen LogP contribution in [0.2, 0.25) is 0 Å². The SMILES string of the molecule is CCC(=O)c1cccc(NC(=O)NC2CC(N(CC)CC(=O)O)C2)c1. The van der Waals surface area contributed by atoms with Crippen molar-refractivity contribution in [2.24, 2.45) is 0 Å². The van der Waals surface area contributed by atoms with Crippen LogP contribution in [0.1, 0.15) is 43.5 Å². The second kappa shape index (κ2) is 8.62. The monoisotopic (exact) mass is 347 g/mol. The van der Waals surface area contributed by atoms with Gasteiger partial charge in [0.2, 0.25) is 0 Å². The molecule has 2 rings (SSSR count). The first-order chi connectivity index (χ1) is 11.9. The average molecular weight is 347 g/mol. The van der Waals surface area contributed by atoms with E-state index in [1.807, 2.05) is 11.8 Å². The molecule has 0 aliphatic heterocycles. The van der Waals surface area contributed by atoms with Crippen LogP contribution in [0.15, 0.2) is 24.3 Å². The van der Waals surface area contributed by atoms with Crippen LogP contribution in [0, 0.1) is 0 Å². The topological polar surface area (TPSA) is 98.7 Å². The van der Waals surface area contributed by atoms with E-state index < -0.39 is 5.97 Å². The van der Waals surface area contributed by atoms with Gasteiger partial charge in [-0.05, 0) is 31.5 Å². The number of carbonyl (C=O) groups excluding carboxylic acids is 2. The van der Waals surface area contributed by atoms with E-state index in [9.17, 15) is 14.4 Å². The molecule has 1 aliphatic carbocycles. The van der Waals surface area contributed by atoms with Gasteiger partial charge in [-0.3, -0.25) is 14.5 Å². The van der Waals surface area contributed by atoms with Gasteiger partial charge in [-0.1, -0.05) is 26.0 Å². The van der Waals surface area contributed by atoms with Gasteiger partial charge in [0.15, 0.2) is 5.78 Å². The molecule has 0 atom stereocenters. The zero-order valence-electron chi connectivity index (χ0n) is 14.6. The molecule has 0 saturated heterocycles. The molecule has 2 amide bonds. The first-order valence-corrected chi connectivity index (χ1v) is 8.59. The second-order valence-corrected chi connectivity index (χ2v) is 6.23. The van der Waals surface area contributed by atoms with E-state index in [2.05, 4.69) is 10.6 Å². The molecule has 1 aliphatic rings. The highest BCUT2D eigenvalue weighted by Crippen LogP contribution is 2.25. The Bertz CT molecular complexity index is 641. The summed E-state index contributed by atoms with van der Waals surface area (Å²) in [5.74, 6) is -0.804. The summed E-state index contributed by atoms with van der Waals surface area (Å²) in [5.41, 5.74) is 1.16. The Morgan fingerprint density at radius 1 is 1.24 bits per heavy atom. The van der Waals surface area contributed by atoms with Crippen molar-refractivity contribution in [3.05, 3.63) is 29.8 Å². The number of carbonyl (C=O) groups is 3. The predicted octanol–water partition coefficient (Wildman–Crippen LogP) is 2.34. The van der Waals surface area contributed by atoms with Gasteiger partial charge >= 0.3 is 12.0 Å². The predicted molar refractivity (Wildman–Crippen MR) is 94.9 cm³/mol. The van der Waals surface area contributed by atoms with Crippen LogP contribution in [0.25, 0.3) is 0 Å². The minimum Gasteiger partial charge on any atom is -0.480 e. The fraction of sp³-hybridized carbons (Fsp3) is 0.500. The number of aliphatic carboxylic acids is 1. The number of likely N-dealkylation sites (N-methyl/N-ethyl adjacent to an activating group) is 1. The van der Waals surface area contributed by atoms with Crippen LogP contribution in [-0.4, -0.2) is 53.0 Å². The number of ketones is 1. The maximum atomic E-state index is 12.1. The Morgan fingerprint density at radius 3 is 2.56 bits per heavy atom. The van der Waals surface area contributed by atoms with Crippen molar-refractivity contribution in [2.45, 2.75) is 45.2 Å². The number of nitrogens with zero attached hydrogens (tertiary/aromatic N) is 1. The van der Waals surface area contributed by atoms with Gasteiger partial charge < -0.3 is 15.7 Å². The van der Waals surface area contributed by atoms with Gasteiger partial charge in [0.1, 0.15) is 0 Å². The average Bonchev–Trinajstić information content (AvgIpc) is 2.55. The minimum atomic E-state index is -0.836. The van der Waals surface area contributed by atoms with Crippen LogP contribution < -0.4 is 10.6 Å². The van der Waals surface area contributed by atoms with Gasteiger partial charge in [0.05, 0.1) is 6.54 Å². The standard InChI is InChI=1S/C18H25N3O4/c1-3-16(22)12-6-5-7-13(8-12)19-18(25)20-14-9-15(10-14)21(4-2)11-17(23)24/h5-8,14-15H,3-4,9-11H2,1-2H3,(H,23,24)(H2,19,20,25). The Morgan fingerprint density at radius 2 is 1.96 bits per heavy atom. The van der Waals surface area contributed by atoms with Gasteiger partial charge in [-0.25, -0.2) is 4.79 Å². The van der Waals surface area contributed by atoms with Crippen molar-refractivity contribution in [3.8, 4) is 0 Å². The molecule has 3 N–H and O–H groups in total. The maximum absolute atomic E-state index is 12.1. The summed E-state index contributed by atoms with van der Waals surface area (Å²) in [4.78, 5) is 36.5. The fourth-order valence-corrected chi connectivity index (χ4v) is 3.00. The van der Waals surface area contributed by atoms with Crippen LogP contribution >= 0.6 is 0 Å². The Labute approximate surface area is 147 Å². The van der Waals surface area contributed by atoms with Gasteiger partial charge in [0, 0.05) is 29.8 Å². The van der Waals surface area contributed by atoms with Gasteiger partial charge in [-0.2, -0.15) is 0 Å². The number of anilines is 1. The molecule has 7 heteroatoms. The molecule has 1 saturated carbocycles. The molecule has 136 valence electrons. The molecule has 0 heterocycles.